The Balaban J connectivity index is 1.60. The molecule has 1 saturated carbocycles. The van der Waals surface area contributed by atoms with Crippen LogP contribution in [0.2, 0.25) is 0 Å². The number of carbonyl (C=O) groups is 3. The van der Waals surface area contributed by atoms with E-state index in [-0.39, 0.29) is 30.5 Å². The zero-order chi connectivity index (χ0) is 18.0. The second kappa shape index (κ2) is 7.44. The van der Waals surface area contributed by atoms with E-state index in [1.807, 2.05) is 0 Å². The first-order chi connectivity index (χ1) is 12.0. The van der Waals surface area contributed by atoms with Gasteiger partial charge in [0.25, 0.3) is 5.91 Å². The molecule has 2 fully saturated rings. The van der Waals surface area contributed by atoms with Crippen LogP contribution in [0.5, 0.6) is 0 Å². The van der Waals surface area contributed by atoms with Gasteiger partial charge in [-0.15, -0.1) is 0 Å². The zero-order valence-electron chi connectivity index (χ0n) is 13.9. The molecular weight excluding hydrogens is 346 g/mol. The third-order valence-electron chi connectivity index (χ3n) is 4.64. The van der Waals surface area contributed by atoms with Crippen LogP contribution >= 0.6 is 11.7 Å². The van der Waals surface area contributed by atoms with Crippen LogP contribution in [0, 0.1) is 12.8 Å². The molecule has 1 aliphatic carbocycles. The molecule has 0 aromatic carbocycles. The van der Waals surface area contributed by atoms with Gasteiger partial charge in [0.2, 0.25) is 11.8 Å². The SMILES string of the molecule is Cc1nsnc1C(=O)N[C@@H]1C[C@H](C(=O)N2CCCNC(=O)C2)C[C@H]1O. The molecule has 0 bridgehead atoms. The molecule has 3 rings (SSSR count). The molecule has 3 atom stereocenters. The summed E-state index contributed by atoms with van der Waals surface area (Å²) < 4.78 is 7.91. The minimum atomic E-state index is -0.800. The number of carbonyl (C=O) groups excluding carboxylic acids is 3. The van der Waals surface area contributed by atoms with Crippen molar-refractivity contribution in [2.24, 2.45) is 5.92 Å². The third-order valence-corrected chi connectivity index (χ3v) is 5.26. The summed E-state index contributed by atoms with van der Waals surface area (Å²) in [4.78, 5) is 38.1. The van der Waals surface area contributed by atoms with Crippen molar-refractivity contribution in [2.75, 3.05) is 19.6 Å². The number of aliphatic hydroxyl groups is 1. The summed E-state index contributed by atoms with van der Waals surface area (Å²) in [5.74, 6) is -1.10. The van der Waals surface area contributed by atoms with Gasteiger partial charge in [-0.3, -0.25) is 14.4 Å². The van der Waals surface area contributed by atoms with Crippen molar-refractivity contribution in [3.63, 3.8) is 0 Å². The second-order valence-electron chi connectivity index (χ2n) is 6.48. The minimum Gasteiger partial charge on any atom is -0.391 e. The van der Waals surface area contributed by atoms with Gasteiger partial charge in [0.05, 0.1) is 36.1 Å². The molecule has 1 aromatic rings. The van der Waals surface area contributed by atoms with Gasteiger partial charge in [-0.2, -0.15) is 8.75 Å². The lowest BCUT2D eigenvalue weighted by Gasteiger charge is -2.22. The molecule has 136 valence electrons. The van der Waals surface area contributed by atoms with E-state index in [0.29, 0.717) is 31.6 Å². The molecule has 9 nitrogen and oxygen atoms in total. The number of hydrogen-bond donors (Lipinski definition) is 3. The Morgan fingerprint density at radius 2 is 2.16 bits per heavy atom. The number of aryl methyl sites for hydroxylation is 1. The number of rotatable bonds is 3. The smallest absolute Gasteiger partial charge is 0.273 e. The highest BCUT2D eigenvalue weighted by atomic mass is 32.1. The predicted molar refractivity (Wildman–Crippen MR) is 88.8 cm³/mol. The average Bonchev–Trinajstić information content (AvgIpc) is 3.08. The number of nitrogens with zero attached hydrogens (tertiary/aromatic N) is 3. The fourth-order valence-corrected chi connectivity index (χ4v) is 3.85. The second-order valence-corrected chi connectivity index (χ2v) is 7.01. The number of nitrogens with one attached hydrogen (secondary N) is 2. The molecule has 10 heteroatoms. The molecule has 25 heavy (non-hydrogen) atoms. The molecular formula is C15H21N5O4S. The van der Waals surface area contributed by atoms with Crippen molar-refractivity contribution in [3.05, 3.63) is 11.4 Å². The Morgan fingerprint density at radius 1 is 1.36 bits per heavy atom. The number of hydrogen-bond acceptors (Lipinski definition) is 7. The molecule has 0 unspecified atom stereocenters. The highest BCUT2D eigenvalue weighted by Gasteiger charge is 2.40. The fraction of sp³-hybridized carbons (Fsp3) is 0.667. The van der Waals surface area contributed by atoms with Crippen molar-refractivity contribution < 1.29 is 19.5 Å². The largest absolute Gasteiger partial charge is 0.391 e. The predicted octanol–water partition coefficient (Wildman–Crippen LogP) is -0.936. The summed E-state index contributed by atoms with van der Waals surface area (Å²) >= 11 is 0.958. The van der Waals surface area contributed by atoms with Crippen LogP contribution in [-0.4, -0.2) is 68.3 Å². The number of aromatic nitrogens is 2. The van der Waals surface area contributed by atoms with Crippen molar-refractivity contribution in [3.8, 4) is 0 Å². The van der Waals surface area contributed by atoms with Gasteiger partial charge in [0.1, 0.15) is 0 Å². The molecule has 2 heterocycles. The average molecular weight is 367 g/mol. The van der Waals surface area contributed by atoms with Gasteiger partial charge in [-0.1, -0.05) is 0 Å². The zero-order valence-corrected chi connectivity index (χ0v) is 14.7. The minimum absolute atomic E-state index is 0.0478. The summed E-state index contributed by atoms with van der Waals surface area (Å²) in [6, 6.07) is -0.511. The molecule has 0 radical (unpaired) electrons. The first-order valence-electron chi connectivity index (χ1n) is 8.29. The van der Waals surface area contributed by atoms with Crippen LogP contribution in [0.25, 0.3) is 0 Å². The van der Waals surface area contributed by atoms with E-state index >= 15 is 0 Å². The van der Waals surface area contributed by atoms with Crippen molar-refractivity contribution in [2.45, 2.75) is 38.3 Å². The standard InChI is InChI=1S/C15H21N5O4S/c1-8-13(19-25-18-8)14(23)17-10-5-9(6-11(10)21)15(24)20-4-2-3-16-12(22)7-20/h9-11,21H,2-7H2,1H3,(H,16,22)(H,17,23)/t9-,10+,11+/m0/s1. The maximum absolute atomic E-state index is 12.7. The highest BCUT2D eigenvalue weighted by molar-refractivity contribution is 6.99. The first kappa shape index (κ1) is 17.7. The number of aliphatic hydroxyl groups excluding tert-OH is 1. The molecule has 2 aliphatic rings. The third kappa shape index (κ3) is 3.96. The first-order valence-corrected chi connectivity index (χ1v) is 9.02. The molecule has 1 aliphatic heterocycles. The molecule has 3 N–H and O–H groups in total. The van der Waals surface area contributed by atoms with Crippen molar-refractivity contribution in [1.29, 1.82) is 0 Å². The van der Waals surface area contributed by atoms with Gasteiger partial charge < -0.3 is 20.6 Å². The summed E-state index contributed by atoms with van der Waals surface area (Å²) in [6.07, 6.45) is 0.533. The van der Waals surface area contributed by atoms with E-state index < -0.39 is 24.0 Å². The normalized spacial score (nSPS) is 26.9. The van der Waals surface area contributed by atoms with Crippen LogP contribution in [0.3, 0.4) is 0 Å². The van der Waals surface area contributed by atoms with Gasteiger partial charge >= 0.3 is 0 Å². The maximum Gasteiger partial charge on any atom is 0.273 e. The van der Waals surface area contributed by atoms with Crippen molar-refractivity contribution in [1.82, 2.24) is 24.3 Å². The van der Waals surface area contributed by atoms with Gasteiger partial charge in [0, 0.05) is 19.0 Å². The summed E-state index contributed by atoms with van der Waals surface area (Å²) in [6.45, 7) is 2.83. The molecule has 0 spiro atoms. The summed E-state index contributed by atoms with van der Waals surface area (Å²) in [5, 5.41) is 15.7. The molecule has 3 amide bonds. The van der Waals surface area contributed by atoms with Crippen LogP contribution in [-0.2, 0) is 9.59 Å². The summed E-state index contributed by atoms with van der Waals surface area (Å²) in [5.41, 5.74) is 0.786. The van der Waals surface area contributed by atoms with Crippen LogP contribution in [0.15, 0.2) is 0 Å². The van der Waals surface area contributed by atoms with Gasteiger partial charge in [0.15, 0.2) is 5.69 Å². The molecule has 1 saturated heterocycles. The monoisotopic (exact) mass is 367 g/mol. The van der Waals surface area contributed by atoms with E-state index in [0.717, 1.165) is 11.7 Å². The highest BCUT2D eigenvalue weighted by Crippen LogP contribution is 2.28. The van der Waals surface area contributed by atoms with E-state index in [1.54, 1.807) is 11.8 Å². The Morgan fingerprint density at radius 3 is 2.88 bits per heavy atom. The lowest BCUT2D eigenvalue weighted by molar-refractivity contribution is -0.138. The van der Waals surface area contributed by atoms with E-state index in [4.69, 9.17) is 0 Å². The lowest BCUT2D eigenvalue weighted by atomic mass is 10.1. The van der Waals surface area contributed by atoms with Crippen LogP contribution in [0.4, 0.5) is 0 Å². The Kier molecular flexibility index (Phi) is 5.28. The van der Waals surface area contributed by atoms with Gasteiger partial charge in [-0.25, -0.2) is 0 Å². The molecule has 1 aromatic heterocycles. The van der Waals surface area contributed by atoms with Crippen LogP contribution in [0.1, 0.15) is 35.4 Å². The van der Waals surface area contributed by atoms with E-state index in [1.165, 1.54) is 0 Å². The Labute approximate surface area is 149 Å². The summed E-state index contributed by atoms with van der Waals surface area (Å²) in [7, 11) is 0. The van der Waals surface area contributed by atoms with E-state index in [9.17, 15) is 19.5 Å². The quantitative estimate of drug-likeness (QED) is 0.634. The van der Waals surface area contributed by atoms with Crippen molar-refractivity contribution >= 4 is 29.4 Å². The maximum atomic E-state index is 12.7. The van der Waals surface area contributed by atoms with Crippen LogP contribution < -0.4 is 10.6 Å². The Hall–Kier alpha value is -2.07. The topological polar surface area (TPSA) is 125 Å². The number of amides is 3. The van der Waals surface area contributed by atoms with E-state index in [2.05, 4.69) is 19.4 Å². The van der Waals surface area contributed by atoms with Gasteiger partial charge in [-0.05, 0) is 26.2 Å². The lowest BCUT2D eigenvalue weighted by Crippen LogP contribution is -2.41. The fourth-order valence-electron chi connectivity index (χ4n) is 3.30. The Bertz CT molecular complexity index is 679.